The van der Waals surface area contributed by atoms with Crippen LogP contribution in [0.5, 0.6) is 5.75 Å². The van der Waals surface area contributed by atoms with Crippen LogP contribution < -0.4 is 10.1 Å². The van der Waals surface area contributed by atoms with Crippen molar-refractivity contribution < 1.29 is 27.1 Å². The smallest absolute Gasteiger partial charge is 0.417 e. The number of halogens is 4. The highest BCUT2D eigenvalue weighted by Crippen LogP contribution is 2.36. The number of methoxy groups -OCH3 is 1. The molecule has 0 aliphatic rings. The highest BCUT2D eigenvalue weighted by Gasteiger charge is 2.33. The molecule has 0 spiro atoms. The average molecular weight is 384 g/mol. The molecule has 1 aromatic heterocycles. The number of benzene rings is 2. The number of aryl methyl sites for hydroxylation is 1. The standard InChI is InChI=1S/C18H13ClF3NO3/c1-9-12-5-4-11(25-2)8-15(12)26-16(9)17(24)23-10-3-6-14(19)13(7-10)18(20,21)22/h3-8H,1-2H3,(H,23,24). The first-order valence-electron chi connectivity index (χ1n) is 7.46. The maximum Gasteiger partial charge on any atom is 0.417 e. The highest BCUT2D eigenvalue weighted by atomic mass is 35.5. The summed E-state index contributed by atoms with van der Waals surface area (Å²) in [5.41, 5.74) is -0.0450. The van der Waals surface area contributed by atoms with Crippen LogP contribution in [0.3, 0.4) is 0 Å². The molecule has 0 aliphatic carbocycles. The molecule has 8 heteroatoms. The van der Waals surface area contributed by atoms with Crippen molar-refractivity contribution >= 4 is 34.2 Å². The zero-order valence-corrected chi connectivity index (χ0v) is 14.5. The summed E-state index contributed by atoms with van der Waals surface area (Å²) < 4.78 is 49.5. The summed E-state index contributed by atoms with van der Waals surface area (Å²) in [6.45, 7) is 1.69. The Bertz CT molecular complexity index is 995. The maximum atomic E-state index is 12.9. The molecule has 1 N–H and O–H groups in total. The zero-order chi connectivity index (χ0) is 19.1. The Morgan fingerprint density at radius 3 is 2.58 bits per heavy atom. The number of fused-ring (bicyclic) bond motifs is 1. The second-order valence-corrected chi connectivity index (χ2v) is 5.97. The molecule has 0 aliphatic heterocycles. The van der Waals surface area contributed by atoms with Gasteiger partial charge in [0.2, 0.25) is 0 Å². The molecule has 0 fully saturated rings. The Kier molecular flexibility index (Phi) is 4.58. The van der Waals surface area contributed by atoms with Gasteiger partial charge in [0.25, 0.3) is 5.91 Å². The molecule has 1 heterocycles. The molecule has 0 radical (unpaired) electrons. The molecule has 0 bridgehead atoms. The van der Waals surface area contributed by atoms with Gasteiger partial charge in [-0.1, -0.05) is 11.6 Å². The summed E-state index contributed by atoms with van der Waals surface area (Å²) in [6.07, 6.45) is -4.62. The fourth-order valence-electron chi connectivity index (χ4n) is 2.56. The second kappa shape index (κ2) is 6.57. The number of furan rings is 1. The molecular formula is C18H13ClF3NO3. The van der Waals surface area contributed by atoms with E-state index >= 15 is 0 Å². The van der Waals surface area contributed by atoms with Gasteiger partial charge >= 0.3 is 6.18 Å². The van der Waals surface area contributed by atoms with Crippen molar-refractivity contribution in [3.63, 3.8) is 0 Å². The Morgan fingerprint density at radius 1 is 1.19 bits per heavy atom. The number of anilines is 1. The quantitative estimate of drug-likeness (QED) is 0.633. The fourth-order valence-corrected chi connectivity index (χ4v) is 2.78. The molecule has 3 rings (SSSR count). The van der Waals surface area contributed by atoms with E-state index in [9.17, 15) is 18.0 Å². The van der Waals surface area contributed by atoms with E-state index in [0.717, 1.165) is 12.1 Å². The minimum absolute atomic E-state index is 0.0109. The topological polar surface area (TPSA) is 51.5 Å². The van der Waals surface area contributed by atoms with Crippen LogP contribution in [-0.2, 0) is 6.18 Å². The van der Waals surface area contributed by atoms with Crippen LogP contribution in [0.2, 0.25) is 5.02 Å². The fraction of sp³-hybridized carbons (Fsp3) is 0.167. The number of nitrogens with one attached hydrogen (secondary N) is 1. The monoisotopic (exact) mass is 383 g/mol. The van der Waals surface area contributed by atoms with Crippen LogP contribution in [-0.4, -0.2) is 13.0 Å². The van der Waals surface area contributed by atoms with E-state index in [-0.39, 0.29) is 11.4 Å². The Hall–Kier alpha value is -2.67. The van der Waals surface area contributed by atoms with Gasteiger partial charge in [-0.2, -0.15) is 13.2 Å². The minimum atomic E-state index is -4.62. The SMILES string of the molecule is COc1ccc2c(C)c(C(=O)Nc3ccc(Cl)c(C(F)(F)F)c3)oc2c1. The van der Waals surface area contributed by atoms with Crippen LogP contribution in [0.1, 0.15) is 21.7 Å². The van der Waals surface area contributed by atoms with E-state index in [2.05, 4.69) is 5.32 Å². The lowest BCUT2D eigenvalue weighted by atomic mass is 10.1. The largest absolute Gasteiger partial charge is 0.497 e. The molecule has 0 atom stereocenters. The Balaban J connectivity index is 1.93. The number of amides is 1. The normalized spacial score (nSPS) is 11.6. The van der Waals surface area contributed by atoms with Crippen molar-refractivity contribution in [1.82, 2.24) is 0 Å². The molecule has 0 saturated carbocycles. The number of alkyl halides is 3. The molecule has 26 heavy (non-hydrogen) atoms. The number of rotatable bonds is 3. The predicted molar refractivity (Wildman–Crippen MR) is 91.9 cm³/mol. The lowest BCUT2D eigenvalue weighted by molar-refractivity contribution is -0.137. The van der Waals surface area contributed by atoms with Gasteiger partial charge in [-0.25, -0.2) is 0 Å². The second-order valence-electron chi connectivity index (χ2n) is 5.56. The van der Waals surface area contributed by atoms with Gasteiger partial charge in [0.15, 0.2) is 5.76 Å². The van der Waals surface area contributed by atoms with Gasteiger partial charge in [0.1, 0.15) is 11.3 Å². The van der Waals surface area contributed by atoms with Gasteiger partial charge in [-0.05, 0) is 37.3 Å². The minimum Gasteiger partial charge on any atom is -0.497 e. The van der Waals surface area contributed by atoms with Gasteiger partial charge in [0, 0.05) is 22.7 Å². The molecule has 0 saturated heterocycles. The van der Waals surface area contributed by atoms with Crippen LogP contribution in [0.4, 0.5) is 18.9 Å². The van der Waals surface area contributed by atoms with E-state index in [1.807, 2.05) is 0 Å². The number of carbonyl (C=O) groups excluding carboxylic acids is 1. The van der Waals surface area contributed by atoms with Crippen molar-refractivity contribution in [3.8, 4) is 5.75 Å². The van der Waals surface area contributed by atoms with Crippen LogP contribution >= 0.6 is 11.6 Å². The molecule has 2 aromatic carbocycles. The van der Waals surface area contributed by atoms with Crippen LogP contribution in [0.15, 0.2) is 40.8 Å². The summed E-state index contributed by atoms with van der Waals surface area (Å²) in [4.78, 5) is 12.5. The van der Waals surface area contributed by atoms with Gasteiger partial charge < -0.3 is 14.5 Å². The summed E-state index contributed by atoms with van der Waals surface area (Å²) in [7, 11) is 1.50. The Labute approximate surface area is 151 Å². The van der Waals surface area contributed by atoms with E-state index < -0.39 is 22.7 Å². The van der Waals surface area contributed by atoms with Crippen LogP contribution in [0, 0.1) is 6.92 Å². The number of hydrogen-bond donors (Lipinski definition) is 1. The summed E-state index contributed by atoms with van der Waals surface area (Å²) in [5, 5.41) is 2.67. The van der Waals surface area contributed by atoms with Gasteiger partial charge in [-0.15, -0.1) is 0 Å². The number of hydrogen-bond acceptors (Lipinski definition) is 3. The van der Waals surface area contributed by atoms with E-state index in [1.165, 1.54) is 13.2 Å². The van der Waals surface area contributed by atoms with E-state index in [0.29, 0.717) is 22.3 Å². The zero-order valence-electron chi connectivity index (χ0n) is 13.7. The lowest BCUT2D eigenvalue weighted by Gasteiger charge is -2.11. The number of carbonyl (C=O) groups is 1. The molecule has 136 valence electrons. The van der Waals surface area contributed by atoms with Gasteiger partial charge in [-0.3, -0.25) is 4.79 Å². The first-order chi connectivity index (χ1) is 12.2. The summed E-state index contributed by atoms with van der Waals surface area (Å²) in [5.74, 6) is -0.0874. The van der Waals surface area contributed by atoms with Crippen molar-refractivity contribution in [3.05, 3.63) is 58.3 Å². The molecule has 4 nitrogen and oxygen atoms in total. The molecule has 0 unspecified atom stereocenters. The third-order valence-electron chi connectivity index (χ3n) is 3.88. The average Bonchev–Trinajstić information content (AvgIpc) is 2.92. The van der Waals surface area contributed by atoms with Gasteiger partial charge in [0.05, 0.1) is 17.7 Å². The van der Waals surface area contributed by atoms with Crippen molar-refractivity contribution in [2.24, 2.45) is 0 Å². The molecule has 1 amide bonds. The van der Waals surface area contributed by atoms with E-state index in [1.54, 1.807) is 25.1 Å². The first kappa shape index (κ1) is 18.1. The third-order valence-corrected chi connectivity index (χ3v) is 4.21. The third kappa shape index (κ3) is 3.35. The number of ether oxygens (including phenoxy) is 1. The van der Waals surface area contributed by atoms with E-state index in [4.69, 9.17) is 20.8 Å². The van der Waals surface area contributed by atoms with Crippen molar-refractivity contribution in [1.29, 1.82) is 0 Å². The first-order valence-corrected chi connectivity index (χ1v) is 7.83. The van der Waals surface area contributed by atoms with Crippen LogP contribution in [0.25, 0.3) is 11.0 Å². The van der Waals surface area contributed by atoms with Crippen molar-refractivity contribution in [2.45, 2.75) is 13.1 Å². The summed E-state index contributed by atoms with van der Waals surface area (Å²) in [6, 6.07) is 8.24. The predicted octanol–water partition coefficient (Wildman–Crippen LogP) is 5.67. The Morgan fingerprint density at radius 2 is 1.92 bits per heavy atom. The molecule has 3 aromatic rings. The highest BCUT2D eigenvalue weighted by molar-refractivity contribution is 6.31. The summed E-state index contributed by atoms with van der Waals surface area (Å²) >= 11 is 5.58. The van der Waals surface area contributed by atoms with Crippen molar-refractivity contribution in [2.75, 3.05) is 12.4 Å². The maximum absolute atomic E-state index is 12.9. The lowest BCUT2D eigenvalue weighted by Crippen LogP contribution is -2.13. The molecular weight excluding hydrogens is 371 g/mol.